The van der Waals surface area contributed by atoms with E-state index in [2.05, 4.69) is 4.74 Å². The number of ether oxygens (including phenoxy) is 1. The second kappa shape index (κ2) is 4.35. The summed E-state index contributed by atoms with van der Waals surface area (Å²) in [5, 5.41) is 19.2. The van der Waals surface area contributed by atoms with Crippen LogP contribution in [0, 0.1) is 10.1 Å². The second-order valence-electron chi connectivity index (χ2n) is 2.72. The first-order valence-corrected chi connectivity index (χ1v) is 3.98. The first-order valence-electron chi connectivity index (χ1n) is 3.98. The summed E-state index contributed by atoms with van der Waals surface area (Å²) in [5.41, 5.74) is -1.13. The van der Waals surface area contributed by atoms with Crippen molar-refractivity contribution < 1.29 is 27.9 Å². The monoisotopic (exact) mass is 237 g/mol. The molecule has 1 N–H and O–H groups in total. The fourth-order valence-corrected chi connectivity index (χ4v) is 1.10. The molecule has 1 aromatic rings. The molecule has 0 spiro atoms. The van der Waals surface area contributed by atoms with Crippen LogP contribution in [0.4, 0.5) is 18.9 Å². The van der Waals surface area contributed by atoms with Crippen LogP contribution in [0.25, 0.3) is 0 Å². The SMILES string of the molecule is O=[N+]([O-])c1cccc(OC(F)(F)F)c1CO. The van der Waals surface area contributed by atoms with Gasteiger partial charge in [-0.25, -0.2) is 0 Å². The highest BCUT2D eigenvalue weighted by molar-refractivity contribution is 5.49. The number of hydrogen-bond donors (Lipinski definition) is 1. The van der Waals surface area contributed by atoms with Gasteiger partial charge in [0, 0.05) is 6.07 Å². The van der Waals surface area contributed by atoms with Gasteiger partial charge >= 0.3 is 6.36 Å². The Labute approximate surface area is 87.2 Å². The first kappa shape index (κ1) is 12.2. The van der Waals surface area contributed by atoms with Gasteiger partial charge < -0.3 is 9.84 Å². The molecular weight excluding hydrogens is 231 g/mol. The van der Waals surface area contributed by atoms with Crippen molar-refractivity contribution in [2.45, 2.75) is 13.0 Å². The van der Waals surface area contributed by atoms with E-state index in [-0.39, 0.29) is 0 Å². The minimum absolute atomic E-state index is 0.509. The molecule has 88 valence electrons. The number of nitro groups is 1. The summed E-state index contributed by atoms with van der Waals surface area (Å²) in [5.74, 6) is -0.774. The van der Waals surface area contributed by atoms with Gasteiger partial charge in [0.15, 0.2) is 0 Å². The van der Waals surface area contributed by atoms with Gasteiger partial charge in [0.2, 0.25) is 0 Å². The van der Waals surface area contributed by atoms with E-state index in [0.717, 1.165) is 18.2 Å². The molecule has 8 heteroatoms. The molecule has 0 heterocycles. The Morgan fingerprint density at radius 1 is 1.44 bits per heavy atom. The lowest BCUT2D eigenvalue weighted by molar-refractivity contribution is -0.386. The summed E-state index contributed by atoms with van der Waals surface area (Å²) in [6.07, 6.45) is -4.96. The molecule has 0 aliphatic rings. The molecule has 0 radical (unpaired) electrons. The van der Waals surface area contributed by atoms with Crippen LogP contribution in [-0.2, 0) is 6.61 Å². The van der Waals surface area contributed by atoms with Gasteiger partial charge in [0.25, 0.3) is 5.69 Å². The van der Waals surface area contributed by atoms with Crippen LogP contribution in [0.5, 0.6) is 5.75 Å². The Morgan fingerprint density at radius 3 is 2.50 bits per heavy atom. The number of aliphatic hydroxyl groups excluding tert-OH is 1. The maximum Gasteiger partial charge on any atom is 0.573 e. The van der Waals surface area contributed by atoms with E-state index in [9.17, 15) is 23.3 Å². The van der Waals surface area contributed by atoms with E-state index in [1.807, 2.05) is 0 Å². The molecule has 0 saturated heterocycles. The van der Waals surface area contributed by atoms with Crippen LogP contribution < -0.4 is 4.74 Å². The average Bonchev–Trinajstić information content (AvgIpc) is 2.14. The van der Waals surface area contributed by atoms with E-state index in [1.54, 1.807) is 0 Å². The Morgan fingerprint density at radius 2 is 2.06 bits per heavy atom. The van der Waals surface area contributed by atoms with Crippen LogP contribution in [-0.4, -0.2) is 16.4 Å². The summed E-state index contributed by atoms with van der Waals surface area (Å²) in [4.78, 5) is 9.56. The lowest BCUT2D eigenvalue weighted by Gasteiger charge is -2.11. The lowest BCUT2D eigenvalue weighted by Crippen LogP contribution is -2.18. The van der Waals surface area contributed by atoms with Crippen LogP contribution >= 0.6 is 0 Å². The molecular formula is C8H6F3NO4. The number of benzene rings is 1. The van der Waals surface area contributed by atoms with E-state index >= 15 is 0 Å². The van der Waals surface area contributed by atoms with Crippen LogP contribution in [0.1, 0.15) is 5.56 Å². The van der Waals surface area contributed by atoms with Crippen molar-refractivity contribution in [3.05, 3.63) is 33.9 Å². The fourth-order valence-electron chi connectivity index (χ4n) is 1.10. The highest BCUT2D eigenvalue weighted by atomic mass is 19.4. The van der Waals surface area contributed by atoms with Crippen molar-refractivity contribution >= 4 is 5.69 Å². The Balaban J connectivity index is 3.19. The third-order valence-electron chi connectivity index (χ3n) is 1.69. The highest BCUT2D eigenvalue weighted by Crippen LogP contribution is 2.32. The Kier molecular flexibility index (Phi) is 3.33. The maximum absolute atomic E-state index is 11.9. The molecule has 0 fully saturated rings. The third-order valence-corrected chi connectivity index (χ3v) is 1.69. The molecule has 1 rings (SSSR count). The largest absolute Gasteiger partial charge is 0.573 e. The van der Waals surface area contributed by atoms with Crippen molar-refractivity contribution in [3.8, 4) is 5.75 Å². The fraction of sp³-hybridized carbons (Fsp3) is 0.250. The molecule has 0 aliphatic carbocycles. The minimum atomic E-state index is -4.96. The first-order chi connectivity index (χ1) is 7.35. The van der Waals surface area contributed by atoms with E-state index < -0.39 is 34.9 Å². The number of nitro benzene ring substituents is 1. The third kappa shape index (κ3) is 2.83. The van der Waals surface area contributed by atoms with Gasteiger partial charge in [-0.15, -0.1) is 13.2 Å². The zero-order chi connectivity index (χ0) is 12.3. The van der Waals surface area contributed by atoms with Crippen molar-refractivity contribution in [2.75, 3.05) is 0 Å². The van der Waals surface area contributed by atoms with Crippen molar-refractivity contribution in [3.63, 3.8) is 0 Å². The van der Waals surface area contributed by atoms with E-state index in [1.165, 1.54) is 0 Å². The summed E-state index contributed by atoms with van der Waals surface area (Å²) >= 11 is 0. The molecule has 1 aromatic carbocycles. The summed E-state index contributed by atoms with van der Waals surface area (Å²) in [6.45, 7) is -0.914. The average molecular weight is 237 g/mol. The second-order valence-corrected chi connectivity index (χ2v) is 2.72. The van der Waals surface area contributed by atoms with Crippen molar-refractivity contribution in [2.24, 2.45) is 0 Å². The van der Waals surface area contributed by atoms with Crippen LogP contribution in [0.3, 0.4) is 0 Å². The smallest absolute Gasteiger partial charge is 0.405 e. The predicted molar refractivity (Wildman–Crippen MR) is 45.7 cm³/mol. The van der Waals surface area contributed by atoms with Gasteiger partial charge in [-0.2, -0.15) is 0 Å². The van der Waals surface area contributed by atoms with Crippen LogP contribution in [0.15, 0.2) is 18.2 Å². The number of aliphatic hydroxyl groups is 1. The van der Waals surface area contributed by atoms with Crippen LogP contribution in [0.2, 0.25) is 0 Å². The molecule has 5 nitrogen and oxygen atoms in total. The van der Waals surface area contributed by atoms with Gasteiger partial charge in [-0.3, -0.25) is 10.1 Å². The predicted octanol–water partition coefficient (Wildman–Crippen LogP) is 1.99. The van der Waals surface area contributed by atoms with Gasteiger partial charge in [-0.05, 0) is 6.07 Å². The zero-order valence-electron chi connectivity index (χ0n) is 7.69. The number of nitrogens with zero attached hydrogens (tertiary/aromatic N) is 1. The molecule has 0 unspecified atom stereocenters. The number of rotatable bonds is 3. The molecule has 0 bridgehead atoms. The maximum atomic E-state index is 11.9. The van der Waals surface area contributed by atoms with Gasteiger partial charge in [0.1, 0.15) is 5.75 Å². The molecule has 0 saturated carbocycles. The Hall–Kier alpha value is -1.83. The summed E-state index contributed by atoms with van der Waals surface area (Å²) in [6, 6.07) is 2.92. The topological polar surface area (TPSA) is 72.6 Å². The van der Waals surface area contributed by atoms with Gasteiger partial charge in [-0.1, -0.05) is 6.07 Å². The molecule has 0 aromatic heterocycles. The van der Waals surface area contributed by atoms with Gasteiger partial charge in [0.05, 0.1) is 17.1 Å². The normalized spacial score (nSPS) is 11.2. The summed E-state index contributed by atoms with van der Waals surface area (Å²) < 4.78 is 39.3. The molecule has 0 amide bonds. The highest BCUT2D eigenvalue weighted by Gasteiger charge is 2.33. The molecule has 0 aliphatic heterocycles. The lowest BCUT2D eigenvalue weighted by atomic mass is 10.1. The van der Waals surface area contributed by atoms with Crippen molar-refractivity contribution in [1.29, 1.82) is 0 Å². The standard InChI is InChI=1S/C8H6F3NO4/c9-8(10,11)16-7-3-1-2-6(12(14)15)5(7)4-13/h1-3,13H,4H2. The quantitative estimate of drug-likeness (QED) is 0.644. The zero-order valence-corrected chi connectivity index (χ0v) is 7.69. The minimum Gasteiger partial charge on any atom is -0.405 e. The summed E-state index contributed by atoms with van der Waals surface area (Å²) in [7, 11) is 0. The molecule has 16 heavy (non-hydrogen) atoms. The number of alkyl halides is 3. The number of halogens is 3. The Bertz CT molecular complexity index is 405. The van der Waals surface area contributed by atoms with E-state index in [0.29, 0.717) is 0 Å². The number of hydrogen-bond acceptors (Lipinski definition) is 4. The van der Waals surface area contributed by atoms with Crippen molar-refractivity contribution in [1.82, 2.24) is 0 Å². The van der Waals surface area contributed by atoms with E-state index in [4.69, 9.17) is 5.11 Å². The molecule has 0 atom stereocenters.